The van der Waals surface area contributed by atoms with Crippen molar-refractivity contribution in [1.29, 1.82) is 0 Å². The molecular formula is C9H14F2N4. The number of anilines is 2. The van der Waals surface area contributed by atoms with Crippen molar-refractivity contribution in [3.63, 3.8) is 0 Å². The molecule has 0 radical (unpaired) electrons. The summed E-state index contributed by atoms with van der Waals surface area (Å²) in [5.41, 5.74) is 6.33. The molecule has 84 valence electrons. The minimum atomic E-state index is -2.42. The molecule has 4 nitrogen and oxygen atoms in total. The molecule has 15 heavy (non-hydrogen) atoms. The first kappa shape index (κ1) is 11.6. The third-order valence-corrected chi connectivity index (χ3v) is 1.92. The van der Waals surface area contributed by atoms with Crippen LogP contribution in [0.2, 0.25) is 0 Å². The average molecular weight is 216 g/mol. The number of nitrogens with zero attached hydrogens (tertiary/aromatic N) is 2. The van der Waals surface area contributed by atoms with Gasteiger partial charge in [0.1, 0.15) is 18.0 Å². The second kappa shape index (κ2) is 4.86. The number of hydrogen-bond acceptors (Lipinski definition) is 4. The molecule has 1 aromatic rings. The van der Waals surface area contributed by atoms with Crippen LogP contribution in [0.1, 0.15) is 25.3 Å². The first-order chi connectivity index (χ1) is 7.02. The van der Waals surface area contributed by atoms with Gasteiger partial charge in [-0.05, 0) is 5.92 Å². The van der Waals surface area contributed by atoms with E-state index in [1.54, 1.807) is 0 Å². The van der Waals surface area contributed by atoms with E-state index in [1.807, 2.05) is 13.8 Å². The number of alkyl halides is 2. The highest BCUT2D eigenvalue weighted by molar-refractivity contribution is 5.56. The van der Waals surface area contributed by atoms with Crippen LogP contribution in [0.25, 0.3) is 0 Å². The molecule has 6 heteroatoms. The Bertz CT molecular complexity index is 328. The summed E-state index contributed by atoms with van der Waals surface area (Å²) in [5, 5.41) is 2.55. The number of nitrogens with two attached hydrogens (primary N) is 1. The van der Waals surface area contributed by atoms with Gasteiger partial charge in [-0.2, -0.15) is 0 Å². The summed E-state index contributed by atoms with van der Waals surface area (Å²) < 4.78 is 24.0. The molecule has 0 fully saturated rings. The summed E-state index contributed by atoms with van der Waals surface area (Å²) >= 11 is 0. The van der Waals surface area contributed by atoms with Crippen molar-refractivity contribution in [2.75, 3.05) is 17.6 Å². The van der Waals surface area contributed by atoms with E-state index in [2.05, 4.69) is 15.3 Å². The Kier molecular flexibility index (Phi) is 3.76. The molecule has 3 N–H and O–H groups in total. The van der Waals surface area contributed by atoms with Gasteiger partial charge in [-0.1, -0.05) is 13.8 Å². The predicted octanol–water partition coefficient (Wildman–Crippen LogP) is 1.86. The van der Waals surface area contributed by atoms with Gasteiger partial charge in [-0.15, -0.1) is 0 Å². The van der Waals surface area contributed by atoms with Gasteiger partial charge in [-0.3, -0.25) is 0 Å². The second-order valence-electron chi connectivity index (χ2n) is 3.45. The number of halogens is 2. The van der Waals surface area contributed by atoms with Gasteiger partial charge in [0.2, 0.25) is 0 Å². The molecule has 0 spiro atoms. The van der Waals surface area contributed by atoms with Gasteiger partial charge in [0, 0.05) is 5.56 Å². The zero-order valence-electron chi connectivity index (χ0n) is 8.67. The van der Waals surface area contributed by atoms with E-state index in [0.717, 1.165) is 0 Å². The SMILES string of the molecule is CC(C)c1c(N)ncnc1NCC(F)F. The Balaban J connectivity index is 2.91. The maximum absolute atomic E-state index is 12.0. The number of nitrogens with one attached hydrogen (secondary N) is 1. The van der Waals surface area contributed by atoms with Crippen LogP contribution in [-0.4, -0.2) is 22.9 Å². The largest absolute Gasteiger partial charge is 0.383 e. The molecule has 0 unspecified atom stereocenters. The van der Waals surface area contributed by atoms with Crippen LogP contribution in [0.3, 0.4) is 0 Å². The monoisotopic (exact) mass is 216 g/mol. The Morgan fingerprint density at radius 3 is 2.60 bits per heavy atom. The van der Waals surface area contributed by atoms with Crippen LogP contribution in [0.15, 0.2) is 6.33 Å². The lowest BCUT2D eigenvalue weighted by molar-refractivity contribution is 0.163. The summed E-state index contributed by atoms with van der Waals surface area (Å²) in [6.45, 7) is 3.38. The maximum atomic E-state index is 12.0. The standard InChI is InChI=1S/C9H14F2N4/c1-5(2)7-8(12)14-4-15-9(7)13-3-6(10)11/h4-6H,3H2,1-2H3,(H3,12,13,14,15). The normalized spacial score (nSPS) is 11.1. The topological polar surface area (TPSA) is 63.8 Å². The molecule has 0 aliphatic carbocycles. The van der Waals surface area contributed by atoms with Crippen molar-refractivity contribution in [3.8, 4) is 0 Å². The molecule has 1 rings (SSSR count). The summed E-state index contributed by atoms with van der Waals surface area (Å²) in [4.78, 5) is 7.72. The molecule has 0 aromatic carbocycles. The van der Waals surface area contributed by atoms with Gasteiger partial charge in [0.15, 0.2) is 0 Å². The maximum Gasteiger partial charge on any atom is 0.255 e. The minimum absolute atomic E-state index is 0.0892. The molecule has 0 aliphatic heterocycles. The molecule has 1 heterocycles. The van der Waals surface area contributed by atoms with Crippen molar-refractivity contribution in [3.05, 3.63) is 11.9 Å². The quantitative estimate of drug-likeness (QED) is 0.806. The van der Waals surface area contributed by atoms with Gasteiger partial charge in [0.25, 0.3) is 6.43 Å². The lowest BCUT2D eigenvalue weighted by Gasteiger charge is -2.14. The zero-order valence-corrected chi connectivity index (χ0v) is 8.67. The van der Waals surface area contributed by atoms with Crippen LogP contribution in [0, 0.1) is 0 Å². The average Bonchev–Trinajstić information content (AvgIpc) is 2.13. The van der Waals surface area contributed by atoms with Crippen LogP contribution in [0.5, 0.6) is 0 Å². The van der Waals surface area contributed by atoms with Crippen LogP contribution < -0.4 is 11.1 Å². The molecular weight excluding hydrogens is 202 g/mol. The van der Waals surface area contributed by atoms with E-state index in [0.29, 0.717) is 17.2 Å². The first-order valence-electron chi connectivity index (χ1n) is 4.64. The Morgan fingerprint density at radius 1 is 1.40 bits per heavy atom. The van der Waals surface area contributed by atoms with E-state index in [9.17, 15) is 8.78 Å². The number of aromatic nitrogens is 2. The van der Waals surface area contributed by atoms with Crippen LogP contribution >= 0.6 is 0 Å². The fraction of sp³-hybridized carbons (Fsp3) is 0.556. The van der Waals surface area contributed by atoms with E-state index in [4.69, 9.17) is 5.73 Å². The summed E-state index contributed by atoms with van der Waals surface area (Å²) in [7, 11) is 0. The van der Waals surface area contributed by atoms with Crippen molar-refractivity contribution in [1.82, 2.24) is 9.97 Å². The Hall–Kier alpha value is -1.46. The van der Waals surface area contributed by atoms with Crippen LogP contribution in [-0.2, 0) is 0 Å². The molecule has 0 saturated carbocycles. The molecule has 0 atom stereocenters. The Morgan fingerprint density at radius 2 is 2.07 bits per heavy atom. The van der Waals surface area contributed by atoms with Crippen molar-refractivity contribution in [2.24, 2.45) is 0 Å². The minimum Gasteiger partial charge on any atom is -0.383 e. The summed E-state index contributed by atoms with van der Waals surface area (Å²) in [6, 6.07) is 0. The number of rotatable bonds is 4. The lowest BCUT2D eigenvalue weighted by Crippen LogP contribution is -2.15. The van der Waals surface area contributed by atoms with E-state index in [-0.39, 0.29) is 5.92 Å². The predicted molar refractivity (Wildman–Crippen MR) is 55.0 cm³/mol. The highest BCUT2D eigenvalue weighted by Crippen LogP contribution is 2.26. The number of nitrogen functional groups attached to an aromatic ring is 1. The fourth-order valence-corrected chi connectivity index (χ4v) is 1.29. The highest BCUT2D eigenvalue weighted by atomic mass is 19.3. The highest BCUT2D eigenvalue weighted by Gasteiger charge is 2.13. The van der Waals surface area contributed by atoms with Crippen molar-refractivity contribution >= 4 is 11.6 Å². The summed E-state index contributed by atoms with van der Waals surface area (Å²) in [5.74, 6) is 0.806. The van der Waals surface area contributed by atoms with Gasteiger partial charge >= 0.3 is 0 Å². The molecule has 0 bridgehead atoms. The summed E-state index contributed by atoms with van der Waals surface area (Å²) in [6.07, 6.45) is -1.16. The van der Waals surface area contributed by atoms with Gasteiger partial charge in [-0.25, -0.2) is 18.7 Å². The second-order valence-corrected chi connectivity index (χ2v) is 3.45. The zero-order chi connectivity index (χ0) is 11.4. The van der Waals surface area contributed by atoms with Crippen molar-refractivity contribution in [2.45, 2.75) is 26.2 Å². The fourth-order valence-electron chi connectivity index (χ4n) is 1.29. The van der Waals surface area contributed by atoms with E-state index >= 15 is 0 Å². The molecule has 1 aromatic heterocycles. The smallest absolute Gasteiger partial charge is 0.255 e. The third-order valence-electron chi connectivity index (χ3n) is 1.92. The van der Waals surface area contributed by atoms with Crippen LogP contribution in [0.4, 0.5) is 20.4 Å². The number of hydrogen-bond donors (Lipinski definition) is 2. The van der Waals surface area contributed by atoms with Crippen molar-refractivity contribution < 1.29 is 8.78 Å². The van der Waals surface area contributed by atoms with E-state index < -0.39 is 13.0 Å². The van der Waals surface area contributed by atoms with Gasteiger partial charge < -0.3 is 11.1 Å². The molecule has 0 aliphatic rings. The third kappa shape index (κ3) is 3.00. The lowest BCUT2D eigenvalue weighted by atomic mass is 10.0. The van der Waals surface area contributed by atoms with E-state index in [1.165, 1.54) is 6.33 Å². The Labute approximate surface area is 86.9 Å². The first-order valence-corrected chi connectivity index (χ1v) is 4.64. The molecule has 0 amide bonds. The van der Waals surface area contributed by atoms with Gasteiger partial charge in [0.05, 0.1) is 6.54 Å². The molecule has 0 saturated heterocycles.